The molecule has 1 saturated heterocycles. The van der Waals surface area contributed by atoms with Gasteiger partial charge in [0.25, 0.3) is 0 Å². The standard InChI is InChI=1S/C22H36B6N2O2S/c1-31-15-5-11-33-17(15)22(27,28)30-9-6-18(16-4-2-3-8-29-16)7-10-32-19(12-18)13-20(23,24)21(25,26)14-19/h2-5,8,11,30H,6-7,9-10,12-14,23-28H2,1H3/t18-/m1/s1. The van der Waals surface area contributed by atoms with E-state index in [4.69, 9.17) is 14.5 Å². The summed E-state index contributed by atoms with van der Waals surface area (Å²) in [5.41, 5.74) is 1.19. The Morgan fingerprint density at radius 3 is 2.48 bits per heavy atom. The van der Waals surface area contributed by atoms with Crippen LogP contribution in [0.1, 0.15) is 42.7 Å². The zero-order valence-corrected chi connectivity index (χ0v) is 22.4. The van der Waals surface area contributed by atoms with E-state index in [1.807, 2.05) is 12.3 Å². The average molecular weight is 457 g/mol. The first kappa shape index (κ1) is 25.1. The van der Waals surface area contributed by atoms with E-state index in [0.29, 0.717) is 0 Å². The molecule has 1 aliphatic heterocycles. The number of pyridine rings is 1. The Hall–Kier alpha value is -1.04. The summed E-state index contributed by atoms with van der Waals surface area (Å²) in [7, 11) is 15.9. The van der Waals surface area contributed by atoms with Crippen LogP contribution in [-0.2, 0) is 15.5 Å². The Kier molecular flexibility index (Phi) is 6.74. The van der Waals surface area contributed by atoms with Crippen LogP contribution in [0.15, 0.2) is 35.8 Å². The second-order valence-corrected chi connectivity index (χ2v) is 13.1. The van der Waals surface area contributed by atoms with Crippen molar-refractivity contribution >= 4 is 58.4 Å². The maximum Gasteiger partial charge on any atom is 0.133 e. The van der Waals surface area contributed by atoms with Crippen molar-refractivity contribution in [3.05, 3.63) is 46.4 Å². The maximum absolute atomic E-state index is 6.65. The number of ether oxygens (including phenoxy) is 2. The minimum atomic E-state index is -0.148. The van der Waals surface area contributed by atoms with Gasteiger partial charge in [-0.15, -0.1) is 11.3 Å². The molecule has 1 N–H and O–H groups in total. The van der Waals surface area contributed by atoms with E-state index in [9.17, 15) is 0 Å². The molecule has 3 heterocycles. The van der Waals surface area contributed by atoms with Crippen LogP contribution in [-0.4, -0.2) is 77.9 Å². The Balaban J connectivity index is 1.58. The van der Waals surface area contributed by atoms with Crippen molar-refractivity contribution in [3.8, 4) is 5.75 Å². The molecule has 2 aromatic rings. The quantitative estimate of drug-likeness (QED) is 0.517. The molecule has 4 rings (SSSR count). The van der Waals surface area contributed by atoms with E-state index >= 15 is 0 Å². The Morgan fingerprint density at radius 2 is 1.85 bits per heavy atom. The molecule has 1 saturated carbocycles. The van der Waals surface area contributed by atoms with Gasteiger partial charge in [-0.05, 0) is 67.6 Å². The van der Waals surface area contributed by atoms with Gasteiger partial charge < -0.3 is 14.8 Å². The molecule has 0 bridgehead atoms. The van der Waals surface area contributed by atoms with Gasteiger partial charge >= 0.3 is 0 Å². The first-order valence-electron chi connectivity index (χ1n) is 12.4. The van der Waals surface area contributed by atoms with Crippen LogP contribution in [0.25, 0.3) is 0 Å². The van der Waals surface area contributed by atoms with Gasteiger partial charge in [-0.2, -0.15) is 0 Å². The molecule has 1 spiro atoms. The summed E-state index contributed by atoms with van der Waals surface area (Å²) in [5, 5.41) is 6.33. The monoisotopic (exact) mass is 458 g/mol. The van der Waals surface area contributed by atoms with Crippen molar-refractivity contribution in [2.45, 2.75) is 58.9 Å². The molecule has 2 fully saturated rings. The minimum Gasteiger partial charge on any atom is -0.496 e. The van der Waals surface area contributed by atoms with Crippen LogP contribution < -0.4 is 10.1 Å². The van der Waals surface area contributed by atoms with E-state index in [2.05, 4.69) is 76.0 Å². The number of hydrogen-bond acceptors (Lipinski definition) is 5. The van der Waals surface area contributed by atoms with Crippen molar-refractivity contribution < 1.29 is 9.47 Å². The smallest absolute Gasteiger partial charge is 0.133 e. The van der Waals surface area contributed by atoms with Crippen LogP contribution in [0.4, 0.5) is 0 Å². The lowest BCUT2D eigenvalue weighted by molar-refractivity contribution is -0.105. The van der Waals surface area contributed by atoms with E-state index < -0.39 is 0 Å². The number of nitrogens with one attached hydrogen (secondary N) is 1. The normalized spacial score (nSPS) is 25.7. The highest BCUT2D eigenvalue weighted by molar-refractivity contribution is 7.11. The predicted molar refractivity (Wildman–Crippen MR) is 155 cm³/mol. The molecule has 0 aromatic carbocycles. The van der Waals surface area contributed by atoms with Crippen LogP contribution in [0.3, 0.4) is 0 Å². The number of hydrogen-bond donors (Lipinski definition) is 1. The Morgan fingerprint density at radius 1 is 1.12 bits per heavy atom. The number of rotatable bonds is 7. The highest BCUT2D eigenvalue weighted by Crippen LogP contribution is 2.64. The van der Waals surface area contributed by atoms with Crippen LogP contribution in [0.2, 0.25) is 10.4 Å². The topological polar surface area (TPSA) is 43.4 Å². The maximum atomic E-state index is 6.65. The molecule has 2 aliphatic rings. The number of nitrogens with zero attached hydrogens (tertiary/aromatic N) is 1. The molecule has 4 nitrogen and oxygen atoms in total. The van der Waals surface area contributed by atoms with Crippen molar-refractivity contribution in [1.29, 1.82) is 0 Å². The lowest BCUT2D eigenvalue weighted by Gasteiger charge is -2.47. The largest absolute Gasteiger partial charge is 0.496 e. The minimum absolute atomic E-state index is 0.0264. The van der Waals surface area contributed by atoms with Gasteiger partial charge in [-0.1, -0.05) is 16.5 Å². The molecular weight excluding hydrogens is 421 g/mol. The molecular formula is C22H36B6N2O2S. The lowest BCUT2D eigenvalue weighted by Crippen LogP contribution is -2.50. The van der Waals surface area contributed by atoms with Gasteiger partial charge in [0.05, 0.1) is 44.1 Å². The van der Waals surface area contributed by atoms with Crippen LogP contribution >= 0.6 is 11.3 Å². The SMILES string of the molecule is BC(B)(NCC[C@@]1(c2ccccn2)CCOC2(CC(B)(B)C(B)(B)C2)C1)c1sccc1OC. The highest BCUT2D eigenvalue weighted by atomic mass is 32.1. The molecule has 33 heavy (non-hydrogen) atoms. The molecule has 0 amide bonds. The fraction of sp³-hybridized carbons (Fsp3) is 0.591. The molecule has 170 valence electrons. The summed E-state index contributed by atoms with van der Waals surface area (Å²) >= 11 is 1.76. The van der Waals surface area contributed by atoms with Gasteiger partial charge in [0.15, 0.2) is 0 Å². The van der Waals surface area contributed by atoms with Crippen molar-refractivity contribution in [2.75, 3.05) is 20.3 Å². The summed E-state index contributed by atoms with van der Waals surface area (Å²) in [6.45, 7) is 1.73. The first-order valence-corrected chi connectivity index (χ1v) is 13.2. The van der Waals surface area contributed by atoms with Crippen molar-refractivity contribution in [1.82, 2.24) is 10.3 Å². The van der Waals surface area contributed by atoms with Crippen LogP contribution in [0, 0.1) is 0 Å². The second-order valence-electron chi connectivity index (χ2n) is 12.2. The Labute approximate surface area is 209 Å². The summed E-state index contributed by atoms with van der Waals surface area (Å²) in [4.78, 5) is 6.14. The number of methoxy groups -OCH3 is 1. The van der Waals surface area contributed by atoms with E-state index in [0.717, 1.165) is 51.0 Å². The molecule has 1 aliphatic carbocycles. The number of thiophene rings is 1. The van der Waals surface area contributed by atoms with Crippen molar-refractivity contribution in [2.24, 2.45) is 0 Å². The predicted octanol–water partition coefficient (Wildman–Crippen LogP) is -1.45. The third-order valence-corrected chi connectivity index (χ3v) is 10.0. The second kappa shape index (κ2) is 8.87. The molecule has 0 unspecified atom stereocenters. The molecule has 2 aromatic heterocycles. The van der Waals surface area contributed by atoms with E-state index in [-0.39, 0.29) is 26.8 Å². The van der Waals surface area contributed by atoms with Crippen molar-refractivity contribution in [3.63, 3.8) is 0 Å². The summed E-state index contributed by atoms with van der Waals surface area (Å²) in [6, 6.07) is 8.46. The highest BCUT2D eigenvalue weighted by Gasteiger charge is 2.58. The molecule has 0 radical (unpaired) electrons. The van der Waals surface area contributed by atoms with Gasteiger partial charge in [0.1, 0.15) is 21.4 Å². The fourth-order valence-corrected chi connectivity index (χ4v) is 7.40. The van der Waals surface area contributed by atoms with Crippen LogP contribution in [0.5, 0.6) is 5.75 Å². The summed E-state index contributed by atoms with van der Waals surface area (Å²) in [5.74, 6) is 0.970. The third kappa shape index (κ3) is 4.75. The Bertz CT molecular complexity index is 955. The molecule has 1 atom stereocenters. The average Bonchev–Trinajstić information content (AvgIpc) is 3.29. The van der Waals surface area contributed by atoms with E-state index in [1.165, 1.54) is 10.6 Å². The van der Waals surface area contributed by atoms with Gasteiger partial charge in [-0.3, -0.25) is 4.98 Å². The zero-order valence-electron chi connectivity index (χ0n) is 21.6. The first-order chi connectivity index (χ1) is 15.4. The van der Waals surface area contributed by atoms with Gasteiger partial charge in [-0.25, -0.2) is 0 Å². The molecule has 11 heteroatoms. The zero-order chi connectivity index (χ0) is 24.0. The summed E-state index contributed by atoms with van der Waals surface area (Å²) in [6.07, 6.45) is 7.31. The fourth-order valence-electron chi connectivity index (χ4n) is 6.44. The lowest BCUT2D eigenvalue weighted by atomic mass is 9.31. The van der Waals surface area contributed by atoms with E-state index in [1.54, 1.807) is 18.4 Å². The summed E-state index contributed by atoms with van der Waals surface area (Å²) < 4.78 is 12.3. The third-order valence-electron chi connectivity index (χ3n) is 8.81. The van der Waals surface area contributed by atoms with Gasteiger partial charge in [0.2, 0.25) is 0 Å². The number of aromatic nitrogens is 1. The van der Waals surface area contributed by atoms with Gasteiger partial charge in [0, 0.05) is 28.8 Å².